The van der Waals surface area contributed by atoms with Gasteiger partial charge < -0.3 is 10.2 Å². The highest BCUT2D eigenvalue weighted by Gasteiger charge is 2.08. The number of primary amides is 1. The van der Waals surface area contributed by atoms with Crippen molar-refractivity contribution in [3.05, 3.63) is 66.4 Å². The van der Waals surface area contributed by atoms with Crippen LogP contribution in [0.2, 0.25) is 0 Å². The molecule has 0 fully saturated rings. The van der Waals surface area contributed by atoms with Crippen LogP contribution in [0.3, 0.4) is 0 Å². The van der Waals surface area contributed by atoms with Gasteiger partial charge in [0.2, 0.25) is 11.8 Å². The Labute approximate surface area is 115 Å². The first-order valence-corrected chi connectivity index (χ1v) is 6.15. The zero-order chi connectivity index (χ0) is 13.9. The van der Waals surface area contributed by atoms with Crippen LogP contribution in [0, 0.1) is 0 Å². The number of amides is 1. The van der Waals surface area contributed by atoms with E-state index in [1.807, 2.05) is 30.3 Å². The fourth-order valence-electron chi connectivity index (χ4n) is 1.92. The lowest BCUT2D eigenvalue weighted by molar-refractivity contribution is 0.100. The first kappa shape index (κ1) is 12.2. The van der Waals surface area contributed by atoms with Gasteiger partial charge in [0.15, 0.2) is 5.76 Å². The van der Waals surface area contributed by atoms with E-state index in [1.54, 1.807) is 30.5 Å². The lowest BCUT2D eigenvalue weighted by atomic mass is 10.1. The smallest absolute Gasteiger partial charge is 0.248 e. The van der Waals surface area contributed by atoms with Crippen molar-refractivity contribution in [1.82, 2.24) is 4.98 Å². The summed E-state index contributed by atoms with van der Waals surface area (Å²) in [5, 5.41) is 0. The fourth-order valence-corrected chi connectivity index (χ4v) is 1.92. The summed E-state index contributed by atoms with van der Waals surface area (Å²) in [4.78, 5) is 15.3. The Bertz CT molecular complexity index is 731. The molecular weight excluding hydrogens is 252 g/mol. The highest BCUT2D eigenvalue weighted by molar-refractivity contribution is 5.93. The molecule has 0 saturated heterocycles. The van der Waals surface area contributed by atoms with Gasteiger partial charge in [-0.05, 0) is 24.3 Å². The molecule has 0 radical (unpaired) electrons. The average Bonchev–Trinajstić information content (AvgIpc) is 2.98. The molecular formula is C16H12N2O2. The number of hydrogen-bond donors (Lipinski definition) is 1. The molecule has 0 aliphatic rings. The summed E-state index contributed by atoms with van der Waals surface area (Å²) in [5.74, 6) is 0.776. The number of rotatable bonds is 3. The minimum absolute atomic E-state index is 0.445. The molecule has 3 aromatic rings. The number of oxazole rings is 1. The second-order valence-corrected chi connectivity index (χ2v) is 4.34. The summed E-state index contributed by atoms with van der Waals surface area (Å²) in [5.41, 5.74) is 7.45. The van der Waals surface area contributed by atoms with Crippen LogP contribution in [0.1, 0.15) is 10.4 Å². The van der Waals surface area contributed by atoms with Crippen molar-refractivity contribution in [3.63, 3.8) is 0 Å². The maximum Gasteiger partial charge on any atom is 0.248 e. The monoisotopic (exact) mass is 264 g/mol. The van der Waals surface area contributed by atoms with Gasteiger partial charge in [-0.25, -0.2) is 4.98 Å². The fraction of sp³-hybridized carbons (Fsp3) is 0. The lowest BCUT2D eigenvalue weighted by Gasteiger charge is -1.98. The van der Waals surface area contributed by atoms with Crippen LogP contribution in [0.25, 0.3) is 22.8 Å². The number of carbonyl (C=O) groups excluding carboxylic acids is 1. The maximum atomic E-state index is 11.0. The number of nitrogens with two attached hydrogens (primary N) is 1. The third-order valence-corrected chi connectivity index (χ3v) is 2.98. The molecule has 0 aliphatic carbocycles. The van der Waals surface area contributed by atoms with Crippen LogP contribution in [-0.2, 0) is 0 Å². The Morgan fingerprint density at radius 3 is 2.30 bits per heavy atom. The highest BCUT2D eigenvalue weighted by Crippen LogP contribution is 2.25. The summed E-state index contributed by atoms with van der Waals surface area (Å²) in [6.07, 6.45) is 1.67. The molecule has 1 amide bonds. The van der Waals surface area contributed by atoms with E-state index in [1.165, 1.54) is 0 Å². The first-order valence-electron chi connectivity index (χ1n) is 6.15. The van der Waals surface area contributed by atoms with Gasteiger partial charge >= 0.3 is 0 Å². The van der Waals surface area contributed by atoms with Crippen LogP contribution >= 0.6 is 0 Å². The lowest BCUT2D eigenvalue weighted by Crippen LogP contribution is -2.10. The molecule has 20 heavy (non-hydrogen) atoms. The minimum atomic E-state index is -0.445. The van der Waals surface area contributed by atoms with E-state index < -0.39 is 5.91 Å². The van der Waals surface area contributed by atoms with E-state index in [4.69, 9.17) is 10.2 Å². The van der Waals surface area contributed by atoms with Gasteiger partial charge in [0, 0.05) is 16.7 Å². The largest absolute Gasteiger partial charge is 0.436 e. The molecule has 0 spiro atoms. The van der Waals surface area contributed by atoms with Gasteiger partial charge in [-0.3, -0.25) is 4.79 Å². The van der Waals surface area contributed by atoms with Crippen molar-refractivity contribution in [1.29, 1.82) is 0 Å². The molecule has 1 heterocycles. The zero-order valence-electron chi connectivity index (χ0n) is 10.6. The number of nitrogens with zero attached hydrogens (tertiary/aromatic N) is 1. The Morgan fingerprint density at radius 2 is 1.65 bits per heavy atom. The molecule has 0 atom stereocenters. The number of benzene rings is 2. The van der Waals surface area contributed by atoms with E-state index >= 15 is 0 Å². The Kier molecular flexibility index (Phi) is 3.05. The summed E-state index contributed by atoms with van der Waals surface area (Å²) >= 11 is 0. The number of aromatic nitrogens is 1. The molecule has 4 heteroatoms. The topological polar surface area (TPSA) is 69.1 Å². The van der Waals surface area contributed by atoms with Gasteiger partial charge in [-0.2, -0.15) is 0 Å². The Balaban J connectivity index is 1.92. The molecule has 2 aromatic carbocycles. The molecule has 0 unspecified atom stereocenters. The van der Waals surface area contributed by atoms with Crippen molar-refractivity contribution in [2.24, 2.45) is 5.73 Å². The second kappa shape index (κ2) is 5.01. The van der Waals surface area contributed by atoms with Crippen LogP contribution in [-0.4, -0.2) is 10.9 Å². The van der Waals surface area contributed by atoms with E-state index in [0.29, 0.717) is 17.2 Å². The SMILES string of the molecule is NC(=O)c1ccc(-c2cnc(-c3ccccc3)o2)cc1. The van der Waals surface area contributed by atoms with Gasteiger partial charge in [-0.15, -0.1) is 0 Å². The van der Waals surface area contributed by atoms with Crippen molar-refractivity contribution in [2.45, 2.75) is 0 Å². The Hall–Kier alpha value is -2.88. The molecule has 4 nitrogen and oxygen atoms in total. The summed E-state index contributed by atoms with van der Waals surface area (Å²) in [7, 11) is 0. The van der Waals surface area contributed by atoms with Crippen LogP contribution in [0.4, 0.5) is 0 Å². The van der Waals surface area contributed by atoms with Crippen LogP contribution in [0.15, 0.2) is 65.2 Å². The van der Waals surface area contributed by atoms with Gasteiger partial charge in [0.1, 0.15) is 0 Å². The standard InChI is InChI=1S/C16H12N2O2/c17-15(19)12-8-6-11(7-9-12)14-10-18-16(20-14)13-4-2-1-3-5-13/h1-10H,(H2,17,19). The summed E-state index contributed by atoms with van der Waals surface area (Å²) < 4.78 is 5.73. The predicted molar refractivity (Wildman–Crippen MR) is 75.9 cm³/mol. The molecule has 98 valence electrons. The van der Waals surface area contributed by atoms with E-state index in [9.17, 15) is 4.79 Å². The third kappa shape index (κ3) is 2.31. The maximum absolute atomic E-state index is 11.0. The molecule has 0 saturated carbocycles. The van der Waals surface area contributed by atoms with Crippen molar-refractivity contribution < 1.29 is 9.21 Å². The molecule has 2 N–H and O–H groups in total. The summed E-state index contributed by atoms with van der Waals surface area (Å²) in [6.45, 7) is 0. The minimum Gasteiger partial charge on any atom is -0.436 e. The third-order valence-electron chi connectivity index (χ3n) is 2.98. The number of carbonyl (C=O) groups is 1. The van der Waals surface area contributed by atoms with Gasteiger partial charge in [0.05, 0.1) is 6.20 Å². The van der Waals surface area contributed by atoms with Crippen molar-refractivity contribution in [2.75, 3.05) is 0 Å². The van der Waals surface area contributed by atoms with Crippen molar-refractivity contribution >= 4 is 5.91 Å². The normalized spacial score (nSPS) is 10.4. The van der Waals surface area contributed by atoms with Crippen LogP contribution in [0.5, 0.6) is 0 Å². The van der Waals surface area contributed by atoms with Crippen LogP contribution < -0.4 is 5.73 Å². The average molecular weight is 264 g/mol. The summed E-state index contributed by atoms with van der Waals surface area (Å²) in [6, 6.07) is 16.6. The molecule has 0 aliphatic heterocycles. The zero-order valence-corrected chi connectivity index (χ0v) is 10.6. The Morgan fingerprint density at radius 1 is 0.950 bits per heavy atom. The highest BCUT2D eigenvalue weighted by atomic mass is 16.4. The molecule has 0 bridgehead atoms. The number of hydrogen-bond acceptors (Lipinski definition) is 3. The molecule has 3 rings (SSSR count). The second-order valence-electron chi connectivity index (χ2n) is 4.34. The van der Waals surface area contributed by atoms with Crippen molar-refractivity contribution in [3.8, 4) is 22.8 Å². The first-order chi connectivity index (χ1) is 9.74. The van der Waals surface area contributed by atoms with E-state index in [-0.39, 0.29) is 0 Å². The van der Waals surface area contributed by atoms with Gasteiger partial charge in [-0.1, -0.05) is 30.3 Å². The van der Waals surface area contributed by atoms with Gasteiger partial charge in [0.25, 0.3) is 0 Å². The molecule has 1 aromatic heterocycles. The van der Waals surface area contributed by atoms with E-state index in [0.717, 1.165) is 11.1 Å². The quantitative estimate of drug-likeness (QED) is 0.790. The van der Waals surface area contributed by atoms with E-state index in [2.05, 4.69) is 4.98 Å². The predicted octanol–water partition coefficient (Wildman–Crippen LogP) is 3.11.